The standard InChI is InChI=1S/C31H28N3.C16H31NO.Ir/c1-18(2)21-15-16-25(24-13-9-8-12-23(21)24)28-30-29(33-31(32-28)19(3)4)27-22-11-7-6-10-20(22)14-17-26(27)34(30)5;1-7-13(8-2)15(17-12(5)6)11-16(18)14(9-3)10-4;/h6-15,17-19H,1-5H3;11-14H,7-10H2,1-6H3,(H,17,18);/q-1;;/p-1. The van der Waals surface area contributed by atoms with Crippen molar-refractivity contribution in [3.63, 3.8) is 0 Å². The molecule has 0 atom stereocenters. The fraction of sp³-hybridized carbons (Fsp3) is 0.426. The quantitative estimate of drug-likeness (QED) is 0.0908. The van der Waals surface area contributed by atoms with Crippen molar-refractivity contribution >= 4 is 49.3 Å². The maximum atomic E-state index is 12.2. The van der Waals surface area contributed by atoms with E-state index in [2.05, 4.69) is 159 Å². The van der Waals surface area contributed by atoms with Crippen LogP contribution in [0.3, 0.4) is 0 Å². The molecule has 6 aromatic rings. The van der Waals surface area contributed by atoms with Gasteiger partial charge in [0, 0.05) is 50.1 Å². The number of fused-ring (bicyclic) bond motifs is 6. The second-order valence-electron chi connectivity index (χ2n) is 15.1. The van der Waals surface area contributed by atoms with Crippen LogP contribution >= 0.6 is 0 Å². The molecule has 0 bridgehead atoms. The number of aryl methyl sites for hydroxylation is 1. The zero-order valence-electron chi connectivity index (χ0n) is 33.7. The molecule has 1 radical (unpaired) electrons. The summed E-state index contributed by atoms with van der Waals surface area (Å²) < 4.78 is 2.26. The van der Waals surface area contributed by atoms with Gasteiger partial charge in [0.05, 0.1) is 16.6 Å². The molecule has 0 unspecified atom stereocenters. The average Bonchev–Trinajstić information content (AvgIpc) is 3.43. The van der Waals surface area contributed by atoms with Gasteiger partial charge in [-0.25, -0.2) is 4.98 Å². The Morgan fingerprint density at radius 2 is 1.38 bits per heavy atom. The molecule has 0 saturated heterocycles. The number of ketones is 1. The summed E-state index contributed by atoms with van der Waals surface area (Å²) in [4.78, 5) is 22.5. The third-order valence-electron chi connectivity index (χ3n) is 10.5. The van der Waals surface area contributed by atoms with Crippen LogP contribution in [0.2, 0.25) is 0 Å². The van der Waals surface area contributed by atoms with E-state index in [0.717, 1.165) is 59.5 Å². The summed E-state index contributed by atoms with van der Waals surface area (Å²) in [5.74, 6) is 2.35. The third-order valence-corrected chi connectivity index (χ3v) is 10.5. The fourth-order valence-corrected chi connectivity index (χ4v) is 7.46. The molecule has 0 amide bonds. The molecule has 0 aliphatic carbocycles. The smallest absolute Gasteiger partial charge is 0.157 e. The van der Waals surface area contributed by atoms with E-state index in [0.29, 0.717) is 11.8 Å². The van der Waals surface area contributed by atoms with E-state index < -0.39 is 0 Å². The van der Waals surface area contributed by atoms with Crippen LogP contribution in [0.5, 0.6) is 0 Å². The third kappa shape index (κ3) is 8.76. The largest absolute Gasteiger partial charge is 0.685 e. The van der Waals surface area contributed by atoms with Gasteiger partial charge in [0.15, 0.2) is 5.78 Å². The molecule has 6 heteroatoms. The molecule has 53 heavy (non-hydrogen) atoms. The number of rotatable bonds is 12. The first-order chi connectivity index (χ1) is 24.9. The molecule has 5 nitrogen and oxygen atoms in total. The molecule has 0 aliphatic heterocycles. The molecule has 0 aliphatic rings. The van der Waals surface area contributed by atoms with Crippen LogP contribution in [-0.4, -0.2) is 26.4 Å². The maximum absolute atomic E-state index is 12.2. The van der Waals surface area contributed by atoms with Gasteiger partial charge in [-0.05, 0) is 41.7 Å². The Labute approximate surface area is 331 Å². The molecule has 6 rings (SSSR count). The van der Waals surface area contributed by atoms with Crippen molar-refractivity contribution in [2.24, 2.45) is 18.9 Å². The zero-order valence-corrected chi connectivity index (χ0v) is 36.1. The van der Waals surface area contributed by atoms with Crippen LogP contribution in [0, 0.1) is 17.9 Å². The van der Waals surface area contributed by atoms with Crippen LogP contribution in [-0.2, 0) is 31.9 Å². The normalized spacial score (nSPS) is 12.1. The number of allylic oxidation sites excluding steroid dienone is 2. The number of benzene rings is 4. The maximum Gasteiger partial charge on any atom is 0.157 e. The number of aromatic nitrogens is 3. The molecule has 4 aromatic carbocycles. The molecule has 0 N–H and O–H groups in total. The molecule has 0 spiro atoms. The molecule has 0 fully saturated rings. The van der Waals surface area contributed by atoms with Gasteiger partial charge in [-0.15, -0.1) is 29.3 Å². The van der Waals surface area contributed by atoms with Gasteiger partial charge in [-0.2, -0.15) is 5.70 Å². The Kier molecular flexibility index (Phi) is 14.6. The number of nitrogens with zero attached hydrogens (tertiary/aromatic N) is 4. The summed E-state index contributed by atoms with van der Waals surface area (Å²) in [5.41, 5.74) is 7.59. The predicted octanol–water partition coefficient (Wildman–Crippen LogP) is 13.2. The fourth-order valence-electron chi connectivity index (χ4n) is 7.46. The number of hydrogen-bond donors (Lipinski definition) is 0. The predicted molar refractivity (Wildman–Crippen MR) is 223 cm³/mol. The van der Waals surface area contributed by atoms with E-state index in [-0.39, 0.29) is 43.8 Å². The van der Waals surface area contributed by atoms with E-state index in [1.54, 1.807) is 0 Å². The SMILES string of the molecule is CC(C)c1nc(-c2[c-]cc(C(C)C)c3ccccc23)c2c(n1)c1c3ccccc3ccc1n2C.CCC(CC)C(=O)/C=C(\[N-]C(C)C)C(CC)CC.[Ir]. The van der Waals surface area contributed by atoms with Crippen LogP contribution in [0.15, 0.2) is 78.5 Å². The first-order valence-corrected chi connectivity index (χ1v) is 19.5. The number of hydrogen-bond acceptors (Lipinski definition) is 3. The molecular weight excluding hydrogens is 829 g/mol. The Balaban J connectivity index is 0.000000284. The van der Waals surface area contributed by atoms with Gasteiger partial charge < -0.3 is 9.88 Å². The molecule has 2 heterocycles. The molecule has 283 valence electrons. The Hall–Kier alpha value is -3.86. The second kappa shape index (κ2) is 18.5. The monoisotopic (exact) mass is 887 g/mol. The summed E-state index contributed by atoms with van der Waals surface area (Å²) in [6.45, 7) is 21.4. The summed E-state index contributed by atoms with van der Waals surface area (Å²) in [5, 5.41) is 10.8. The van der Waals surface area contributed by atoms with Gasteiger partial charge in [0.2, 0.25) is 0 Å². The minimum atomic E-state index is 0. The van der Waals surface area contributed by atoms with Crippen molar-refractivity contribution in [1.82, 2.24) is 14.5 Å². The van der Waals surface area contributed by atoms with Gasteiger partial charge in [-0.3, -0.25) is 9.78 Å². The van der Waals surface area contributed by atoms with Crippen LogP contribution < -0.4 is 0 Å². The van der Waals surface area contributed by atoms with Crippen LogP contribution in [0.4, 0.5) is 0 Å². The van der Waals surface area contributed by atoms with Gasteiger partial charge in [0.25, 0.3) is 0 Å². The van der Waals surface area contributed by atoms with E-state index in [4.69, 9.17) is 9.97 Å². The van der Waals surface area contributed by atoms with Crippen molar-refractivity contribution in [3.05, 3.63) is 101 Å². The Morgan fingerprint density at radius 1 is 0.774 bits per heavy atom. The van der Waals surface area contributed by atoms with Crippen molar-refractivity contribution in [2.75, 3.05) is 0 Å². The van der Waals surface area contributed by atoms with Gasteiger partial charge in [-0.1, -0.05) is 153 Å². The summed E-state index contributed by atoms with van der Waals surface area (Å²) >= 11 is 0. The molecular formula is C47H58IrN4O-2. The Morgan fingerprint density at radius 3 is 1.96 bits per heavy atom. The van der Waals surface area contributed by atoms with Crippen molar-refractivity contribution in [1.29, 1.82) is 0 Å². The summed E-state index contributed by atoms with van der Waals surface area (Å²) in [6.07, 6.45) is 5.76. The van der Waals surface area contributed by atoms with E-state index in [1.807, 2.05) is 6.08 Å². The van der Waals surface area contributed by atoms with Crippen LogP contribution in [0.1, 0.15) is 118 Å². The Bertz CT molecular complexity index is 2200. The van der Waals surface area contributed by atoms with Gasteiger partial charge >= 0.3 is 0 Å². The number of carbonyl (C=O) groups excluding carboxylic acids is 1. The van der Waals surface area contributed by atoms with Crippen molar-refractivity contribution in [2.45, 2.75) is 113 Å². The molecule has 2 aromatic heterocycles. The van der Waals surface area contributed by atoms with E-state index in [9.17, 15) is 4.79 Å². The average molecular weight is 887 g/mol. The minimum Gasteiger partial charge on any atom is -0.685 e. The van der Waals surface area contributed by atoms with Crippen LogP contribution in [0.25, 0.3) is 60.1 Å². The molecule has 0 saturated carbocycles. The summed E-state index contributed by atoms with van der Waals surface area (Å²) in [6, 6.07) is 27.7. The zero-order chi connectivity index (χ0) is 37.7. The first kappa shape index (κ1) is 41.9. The minimum absolute atomic E-state index is 0. The van der Waals surface area contributed by atoms with E-state index >= 15 is 0 Å². The topological polar surface area (TPSA) is 61.9 Å². The second-order valence-corrected chi connectivity index (χ2v) is 15.1. The van der Waals surface area contributed by atoms with Crippen molar-refractivity contribution < 1.29 is 24.9 Å². The van der Waals surface area contributed by atoms with Gasteiger partial charge in [0.1, 0.15) is 5.82 Å². The van der Waals surface area contributed by atoms with E-state index in [1.165, 1.54) is 38.0 Å². The van der Waals surface area contributed by atoms with Crippen molar-refractivity contribution in [3.8, 4) is 11.3 Å². The number of carbonyl (C=O) groups is 1. The first-order valence-electron chi connectivity index (χ1n) is 19.5. The summed E-state index contributed by atoms with van der Waals surface area (Å²) in [7, 11) is 2.13.